The van der Waals surface area contributed by atoms with Crippen LogP contribution in [0, 0.1) is 18.8 Å². The highest BCUT2D eigenvalue weighted by atomic mass is 16.5. The lowest BCUT2D eigenvalue weighted by molar-refractivity contribution is -0.118. The first-order valence-corrected chi connectivity index (χ1v) is 7.66. The molecule has 0 spiro atoms. The fraction of sp³-hybridized carbons (Fsp3) is 0.733. The first-order valence-electron chi connectivity index (χ1n) is 7.66. The summed E-state index contributed by atoms with van der Waals surface area (Å²) in [6.07, 6.45) is 6.74. The Morgan fingerprint density at radius 2 is 2.20 bits per heavy atom. The summed E-state index contributed by atoms with van der Waals surface area (Å²) >= 11 is 0. The number of anilines is 1. The third-order valence-electron chi connectivity index (χ3n) is 4.64. The maximum Gasteiger partial charge on any atom is 0.239 e. The van der Waals surface area contributed by atoms with Gasteiger partial charge in [0.1, 0.15) is 5.76 Å². The molecule has 1 aliphatic heterocycles. The fourth-order valence-corrected chi connectivity index (χ4v) is 3.63. The highest BCUT2D eigenvalue weighted by molar-refractivity contribution is 5.91. The van der Waals surface area contributed by atoms with E-state index in [1.165, 1.54) is 32.1 Å². The SMILES string of the molecule is Cc1cc(NC(=O)CN2CC[C@H]3CCCC[C@H]3C2)no1. The van der Waals surface area contributed by atoms with Gasteiger partial charge in [-0.2, -0.15) is 0 Å². The Bertz CT molecular complexity index is 471. The molecule has 1 saturated heterocycles. The Balaban J connectivity index is 1.49. The van der Waals surface area contributed by atoms with Crippen molar-refractivity contribution in [2.24, 2.45) is 11.8 Å². The number of aryl methyl sites for hydroxylation is 1. The van der Waals surface area contributed by atoms with Crippen molar-refractivity contribution in [2.75, 3.05) is 25.0 Å². The first-order chi connectivity index (χ1) is 9.70. The predicted molar refractivity (Wildman–Crippen MR) is 76.4 cm³/mol. The molecule has 2 fully saturated rings. The van der Waals surface area contributed by atoms with Crippen LogP contribution < -0.4 is 5.32 Å². The average molecular weight is 277 g/mol. The van der Waals surface area contributed by atoms with Crippen molar-refractivity contribution in [1.82, 2.24) is 10.1 Å². The lowest BCUT2D eigenvalue weighted by Crippen LogP contribution is -2.44. The van der Waals surface area contributed by atoms with Crippen molar-refractivity contribution in [2.45, 2.75) is 39.0 Å². The molecule has 0 radical (unpaired) electrons. The molecule has 1 N–H and O–H groups in total. The second-order valence-corrected chi connectivity index (χ2v) is 6.20. The molecular weight excluding hydrogens is 254 g/mol. The van der Waals surface area contributed by atoms with E-state index in [1.54, 1.807) is 6.07 Å². The molecule has 2 atom stereocenters. The van der Waals surface area contributed by atoms with E-state index >= 15 is 0 Å². The molecule has 2 heterocycles. The summed E-state index contributed by atoms with van der Waals surface area (Å²) < 4.78 is 4.95. The zero-order valence-electron chi connectivity index (χ0n) is 12.1. The lowest BCUT2D eigenvalue weighted by Gasteiger charge is -2.41. The van der Waals surface area contributed by atoms with Crippen LogP contribution in [0.4, 0.5) is 5.82 Å². The molecule has 5 heteroatoms. The monoisotopic (exact) mass is 277 g/mol. The Morgan fingerprint density at radius 3 is 2.95 bits per heavy atom. The van der Waals surface area contributed by atoms with Gasteiger partial charge in [0.15, 0.2) is 5.82 Å². The van der Waals surface area contributed by atoms with Gasteiger partial charge in [0, 0.05) is 12.6 Å². The summed E-state index contributed by atoms with van der Waals surface area (Å²) in [6, 6.07) is 1.74. The van der Waals surface area contributed by atoms with Crippen LogP contribution in [-0.4, -0.2) is 35.6 Å². The standard InChI is InChI=1S/C15H23N3O2/c1-11-8-14(17-20-11)16-15(19)10-18-7-6-12-4-2-3-5-13(12)9-18/h8,12-13H,2-7,9-10H2,1H3,(H,16,17,19)/t12-,13+/m1/s1. The quantitative estimate of drug-likeness (QED) is 0.922. The Kier molecular flexibility index (Phi) is 4.05. The number of likely N-dealkylation sites (tertiary alicyclic amines) is 1. The van der Waals surface area contributed by atoms with Gasteiger partial charge >= 0.3 is 0 Å². The van der Waals surface area contributed by atoms with Gasteiger partial charge < -0.3 is 9.84 Å². The molecule has 1 saturated carbocycles. The number of hydrogen-bond donors (Lipinski definition) is 1. The van der Waals surface area contributed by atoms with Crippen LogP contribution in [0.25, 0.3) is 0 Å². The topological polar surface area (TPSA) is 58.4 Å². The number of nitrogens with one attached hydrogen (secondary N) is 1. The van der Waals surface area contributed by atoms with Crippen LogP contribution >= 0.6 is 0 Å². The minimum atomic E-state index is 0.00700. The molecule has 1 amide bonds. The minimum absolute atomic E-state index is 0.00700. The van der Waals surface area contributed by atoms with Gasteiger partial charge in [0.25, 0.3) is 0 Å². The number of hydrogen-bond acceptors (Lipinski definition) is 4. The molecule has 110 valence electrons. The Labute approximate surface area is 119 Å². The van der Waals surface area contributed by atoms with Crippen molar-refractivity contribution in [3.8, 4) is 0 Å². The number of carbonyl (C=O) groups is 1. The van der Waals surface area contributed by atoms with E-state index in [0.717, 1.165) is 24.9 Å². The third-order valence-corrected chi connectivity index (χ3v) is 4.64. The molecule has 0 bridgehead atoms. The second-order valence-electron chi connectivity index (χ2n) is 6.20. The average Bonchev–Trinajstić information content (AvgIpc) is 2.83. The van der Waals surface area contributed by atoms with Crippen LogP contribution in [-0.2, 0) is 4.79 Å². The Morgan fingerprint density at radius 1 is 1.40 bits per heavy atom. The number of nitrogens with zero attached hydrogens (tertiary/aromatic N) is 2. The summed E-state index contributed by atoms with van der Waals surface area (Å²) in [5, 5.41) is 6.59. The summed E-state index contributed by atoms with van der Waals surface area (Å²) in [5.41, 5.74) is 0. The third kappa shape index (κ3) is 3.20. The summed E-state index contributed by atoms with van der Waals surface area (Å²) in [5.74, 6) is 2.94. The van der Waals surface area contributed by atoms with E-state index < -0.39 is 0 Å². The number of carbonyl (C=O) groups excluding carboxylic acids is 1. The molecule has 0 unspecified atom stereocenters. The highest BCUT2D eigenvalue weighted by Crippen LogP contribution is 2.35. The van der Waals surface area contributed by atoms with E-state index in [9.17, 15) is 4.79 Å². The predicted octanol–water partition coefficient (Wildman–Crippen LogP) is 2.43. The molecule has 1 aliphatic carbocycles. The van der Waals surface area contributed by atoms with Crippen LogP contribution in [0.1, 0.15) is 37.9 Å². The first kappa shape index (κ1) is 13.6. The van der Waals surface area contributed by atoms with E-state index in [0.29, 0.717) is 18.1 Å². The summed E-state index contributed by atoms with van der Waals surface area (Å²) in [6.45, 7) is 4.41. The number of piperidine rings is 1. The molecule has 0 aromatic carbocycles. The number of fused-ring (bicyclic) bond motifs is 1. The zero-order valence-corrected chi connectivity index (χ0v) is 12.1. The summed E-state index contributed by atoms with van der Waals surface area (Å²) in [7, 11) is 0. The normalized spacial score (nSPS) is 27.1. The molecule has 1 aromatic heterocycles. The van der Waals surface area contributed by atoms with Crippen LogP contribution in [0.5, 0.6) is 0 Å². The minimum Gasteiger partial charge on any atom is -0.360 e. The molecule has 1 aromatic rings. The number of aromatic nitrogens is 1. The smallest absolute Gasteiger partial charge is 0.239 e. The van der Waals surface area contributed by atoms with Crippen molar-refractivity contribution in [3.05, 3.63) is 11.8 Å². The molecule has 20 heavy (non-hydrogen) atoms. The van der Waals surface area contributed by atoms with E-state index in [2.05, 4.69) is 15.4 Å². The number of amides is 1. The molecular formula is C15H23N3O2. The van der Waals surface area contributed by atoms with Gasteiger partial charge in [-0.25, -0.2) is 0 Å². The highest BCUT2D eigenvalue weighted by Gasteiger charge is 2.31. The maximum atomic E-state index is 12.0. The van der Waals surface area contributed by atoms with Gasteiger partial charge in [-0.15, -0.1) is 0 Å². The van der Waals surface area contributed by atoms with Crippen molar-refractivity contribution < 1.29 is 9.32 Å². The van der Waals surface area contributed by atoms with Crippen molar-refractivity contribution in [1.29, 1.82) is 0 Å². The van der Waals surface area contributed by atoms with Crippen LogP contribution in [0.15, 0.2) is 10.6 Å². The van der Waals surface area contributed by atoms with Gasteiger partial charge in [0.05, 0.1) is 6.54 Å². The van der Waals surface area contributed by atoms with E-state index in [1.807, 2.05) is 6.92 Å². The van der Waals surface area contributed by atoms with E-state index in [4.69, 9.17) is 4.52 Å². The zero-order chi connectivity index (χ0) is 13.9. The second kappa shape index (κ2) is 5.95. The molecule has 3 rings (SSSR count). The lowest BCUT2D eigenvalue weighted by atomic mass is 9.75. The van der Waals surface area contributed by atoms with Gasteiger partial charge in [0.2, 0.25) is 5.91 Å². The largest absolute Gasteiger partial charge is 0.360 e. The van der Waals surface area contributed by atoms with Crippen LogP contribution in [0.3, 0.4) is 0 Å². The van der Waals surface area contributed by atoms with Crippen LogP contribution in [0.2, 0.25) is 0 Å². The van der Waals surface area contributed by atoms with Crippen molar-refractivity contribution >= 4 is 11.7 Å². The van der Waals surface area contributed by atoms with E-state index in [-0.39, 0.29) is 5.91 Å². The number of rotatable bonds is 3. The molecule has 5 nitrogen and oxygen atoms in total. The van der Waals surface area contributed by atoms with Gasteiger partial charge in [-0.05, 0) is 38.1 Å². The fourth-order valence-electron chi connectivity index (χ4n) is 3.63. The Hall–Kier alpha value is -1.36. The maximum absolute atomic E-state index is 12.0. The molecule has 2 aliphatic rings. The van der Waals surface area contributed by atoms with Gasteiger partial charge in [-0.1, -0.05) is 24.4 Å². The van der Waals surface area contributed by atoms with Gasteiger partial charge in [-0.3, -0.25) is 9.69 Å². The summed E-state index contributed by atoms with van der Waals surface area (Å²) in [4.78, 5) is 14.3. The van der Waals surface area contributed by atoms with Crippen molar-refractivity contribution in [3.63, 3.8) is 0 Å².